The summed E-state index contributed by atoms with van der Waals surface area (Å²) in [6.07, 6.45) is 4.86. The Bertz CT molecular complexity index is 1180. The standard InChI is InChI=1S/C27H31FN4O2S/c1-18-8-7-9-19(2)25(18)30-26(34)20(3)35-27-29-16-23(21-10-12-22(28)13-11-21)32(27)17-24(33)31-14-5-4-6-15-31/h7-13,16,20H,4-6,14-15,17H2,1-3H3,(H,30,34). The van der Waals surface area contributed by atoms with E-state index in [2.05, 4.69) is 10.3 Å². The fourth-order valence-electron chi connectivity index (χ4n) is 4.28. The molecule has 184 valence electrons. The summed E-state index contributed by atoms with van der Waals surface area (Å²) < 4.78 is 15.4. The van der Waals surface area contributed by atoms with E-state index in [1.54, 1.807) is 18.3 Å². The van der Waals surface area contributed by atoms with Crippen molar-refractivity contribution in [3.05, 3.63) is 65.6 Å². The van der Waals surface area contributed by atoms with Crippen LogP contribution in [-0.4, -0.2) is 44.6 Å². The second-order valence-electron chi connectivity index (χ2n) is 8.98. The molecule has 0 radical (unpaired) electrons. The number of hydrogen-bond donors (Lipinski definition) is 1. The number of nitrogens with one attached hydrogen (secondary N) is 1. The highest BCUT2D eigenvalue weighted by Gasteiger charge is 2.24. The molecule has 6 nitrogen and oxygen atoms in total. The highest BCUT2D eigenvalue weighted by molar-refractivity contribution is 8.00. The maximum atomic E-state index is 13.5. The van der Waals surface area contributed by atoms with E-state index in [0.717, 1.165) is 60.4 Å². The van der Waals surface area contributed by atoms with Crippen LogP contribution in [0, 0.1) is 19.7 Å². The molecule has 1 N–H and O–H groups in total. The number of anilines is 1. The van der Waals surface area contributed by atoms with E-state index < -0.39 is 5.25 Å². The molecule has 1 saturated heterocycles. The fourth-order valence-corrected chi connectivity index (χ4v) is 5.17. The molecule has 2 heterocycles. The Morgan fingerprint density at radius 1 is 1.06 bits per heavy atom. The van der Waals surface area contributed by atoms with Crippen molar-refractivity contribution < 1.29 is 14.0 Å². The van der Waals surface area contributed by atoms with Gasteiger partial charge >= 0.3 is 0 Å². The first-order chi connectivity index (χ1) is 16.8. The SMILES string of the molecule is Cc1cccc(C)c1NC(=O)C(C)Sc1ncc(-c2ccc(F)cc2)n1CC(=O)N1CCCCC1. The van der Waals surface area contributed by atoms with Crippen LogP contribution in [0.15, 0.2) is 53.8 Å². The summed E-state index contributed by atoms with van der Waals surface area (Å²) in [4.78, 5) is 32.6. The molecule has 0 spiro atoms. The molecule has 0 aliphatic carbocycles. The number of para-hydroxylation sites is 1. The number of imidazole rings is 1. The quantitative estimate of drug-likeness (QED) is 0.444. The van der Waals surface area contributed by atoms with Crippen LogP contribution in [0.1, 0.15) is 37.3 Å². The molecule has 35 heavy (non-hydrogen) atoms. The third-order valence-corrected chi connectivity index (χ3v) is 7.45. The van der Waals surface area contributed by atoms with Crippen LogP contribution in [0.5, 0.6) is 0 Å². The predicted octanol–water partition coefficient (Wildman–Crippen LogP) is 5.44. The molecular weight excluding hydrogens is 463 g/mol. The van der Waals surface area contributed by atoms with Crippen LogP contribution in [0.3, 0.4) is 0 Å². The summed E-state index contributed by atoms with van der Waals surface area (Å²) in [6.45, 7) is 7.41. The zero-order valence-corrected chi connectivity index (χ0v) is 21.2. The minimum absolute atomic E-state index is 0.0283. The summed E-state index contributed by atoms with van der Waals surface area (Å²) in [6, 6.07) is 12.0. The zero-order valence-electron chi connectivity index (χ0n) is 20.4. The van der Waals surface area contributed by atoms with Crippen LogP contribution >= 0.6 is 11.8 Å². The smallest absolute Gasteiger partial charge is 0.242 e. The predicted molar refractivity (Wildman–Crippen MR) is 138 cm³/mol. The number of hydrogen-bond acceptors (Lipinski definition) is 4. The van der Waals surface area contributed by atoms with Gasteiger partial charge in [0.1, 0.15) is 12.4 Å². The van der Waals surface area contributed by atoms with Crippen LogP contribution in [0.4, 0.5) is 10.1 Å². The molecule has 1 aliphatic heterocycles. The first kappa shape index (κ1) is 25.0. The Morgan fingerprint density at radius 3 is 2.37 bits per heavy atom. The molecule has 2 aromatic carbocycles. The molecule has 1 fully saturated rings. The van der Waals surface area contributed by atoms with E-state index in [-0.39, 0.29) is 24.2 Å². The number of aryl methyl sites for hydroxylation is 2. The molecule has 1 unspecified atom stereocenters. The van der Waals surface area contributed by atoms with Crippen LogP contribution in [0.2, 0.25) is 0 Å². The van der Waals surface area contributed by atoms with Crippen molar-refractivity contribution in [1.29, 1.82) is 0 Å². The molecule has 1 aromatic heterocycles. The van der Waals surface area contributed by atoms with Gasteiger partial charge in [-0.25, -0.2) is 9.37 Å². The van der Waals surface area contributed by atoms with Gasteiger partial charge < -0.3 is 14.8 Å². The molecule has 0 saturated carbocycles. The lowest BCUT2D eigenvalue weighted by Crippen LogP contribution is -2.38. The van der Waals surface area contributed by atoms with Crippen molar-refractivity contribution in [2.45, 2.75) is 57.0 Å². The van der Waals surface area contributed by atoms with Gasteiger partial charge in [0.05, 0.1) is 17.1 Å². The van der Waals surface area contributed by atoms with E-state index in [9.17, 15) is 14.0 Å². The normalized spacial score (nSPS) is 14.6. The molecular formula is C27H31FN4O2S. The number of amides is 2. The molecule has 4 rings (SSSR count). The van der Waals surface area contributed by atoms with E-state index in [4.69, 9.17) is 0 Å². The third kappa shape index (κ3) is 5.93. The highest BCUT2D eigenvalue weighted by Crippen LogP contribution is 2.30. The van der Waals surface area contributed by atoms with Crippen LogP contribution in [-0.2, 0) is 16.1 Å². The van der Waals surface area contributed by atoms with Gasteiger partial charge in [0.25, 0.3) is 0 Å². The third-order valence-electron chi connectivity index (χ3n) is 6.34. The second-order valence-corrected chi connectivity index (χ2v) is 10.3. The number of aromatic nitrogens is 2. The Labute approximate surface area is 209 Å². The average Bonchev–Trinajstić information content (AvgIpc) is 3.24. The number of likely N-dealkylation sites (tertiary alicyclic amines) is 1. The Hall–Kier alpha value is -3.13. The van der Waals surface area contributed by atoms with Gasteiger partial charge in [-0.15, -0.1) is 0 Å². The van der Waals surface area contributed by atoms with Gasteiger partial charge in [-0.2, -0.15) is 0 Å². The number of rotatable bonds is 7. The summed E-state index contributed by atoms with van der Waals surface area (Å²) in [5.41, 5.74) is 4.32. The topological polar surface area (TPSA) is 67.2 Å². The van der Waals surface area contributed by atoms with E-state index in [0.29, 0.717) is 5.16 Å². The Kier molecular flexibility index (Phi) is 7.90. The monoisotopic (exact) mass is 494 g/mol. The summed E-state index contributed by atoms with van der Waals surface area (Å²) in [7, 11) is 0. The summed E-state index contributed by atoms with van der Waals surface area (Å²) >= 11 is 1.31. The van der Waals surface area contributed by atoms with Crippen molar-refractivity contribution in [1.82, 2.24) is 14.5 Å². The minimum Gasteiger partial charge on any atom is -0.341 e. The maximum absolute atomic E-state index is 13.5. The van der Waals surface area contributed by atoms with Gasteiger partial charge in [0.2, 0.25) is 11.8 Å². The maximum Gasteiger partial charge on any atom is 0.242 e. The number of carbonyl (C=O) groups is 2. The van der Waals surface area contributed by atoms with Crippen molar-refractivity contribution in [2.24, 2.45) is 0 Å². The average molecular weight is 495 g/mol. The van der Waals surface area contributed by atoms with Crippen molar-refractivity contribution in [3.8, 4) is 11.3 Å². The molecule has 1 aliphatic rings. The minimum atomic E-state index is -0.443. The second kappa shape index (κ2) is 11.1. The molecule has 2 amide bonds. The lowest BCUT2D eigenvalue weighted by Gasteiger charge is -2.27. The Morgan fingerprint density at radius 2 is 1.71 bits per heavy atom. The molecule has 0 bridgehead atoms. The Balaban J connectivity index is 1.57. The van der Waals surface area contributed by atoms with Gasteiger partial charge in [-0.3, -0.25) is 9.59 Å². The van der Waals surface area contributed by atoms with Crippen molar-refractivity contribution in [3.63, 3.8) is 0 Å². The lowest BCUT2D eigenvalue weighted by atomic mass is 10.1. The summed E-state index contributed by atoms with van der Waals surface area (Å²) in [5.74, 6) is -0.427. The number of thioether (sulfide) groups is 1. The van der Waals surface area contributed by atoms with Gasteiger partial charge in [-0.1, -0.05) is 30.0 Å². The zero-order chi connectivity index (χ0) is 24.9. The van der Waals surface area contributed by atoms with E-state index in [1.807, 2.05) is 48.4 Å². The molecule has 8 heteroatoms. The van der Waals surface area contributed by atoms with Gasteiger partial charge in [0, 0.05) is 18.8 Å². The van der Waals surface area contributed by atoms with E-state index >= 15 is 0 Å². The summed E-state index contributed by atoms with van der Waals surface area (Å²) in [5, 5.41) is 3.18. The number of piperidine rings is 1. The largest absolute Gasteiger partial charge is 0.341 e. The highest BCUT2D eigenvalue weighted by atomic mass is 32.2. The number of benzene rings is 2. The molecule has 3 aromatic rings. The number of halogens is 1. The first-order valence-corrected chi connectivity index (χ1v) is 12.8. The number of nitrogens with zero attached hydrogens (tertiary/aromatic N) is 3. The van der Waals surface area contributed by atoms with Gasteiger partial charge in [0.15, 0.2) is 5.16 Å². The van der Waals surface area contributed by atoms with Gasteiger partial charge in [-0.05, 0) is 81.0 Å². The van der Waals surface area contributed by atoms with Crippen LogP contribution < -0.4 is 5.32 Å². The first-order valence-electron chi connectivity index (χ1n) is 12.0. The van der Waals surface area contributed by atoms with Crippen molar-refractivity contribution in [2.75, 3.05) is 18.4 Å². The number of carbonyl (C=O) groups excluding carboxylic acids is 2. The lowest BCUT2D eigenvalue weighted by molar-refractivity contribution is -0.132. The molecule has 1 atom stereocenters. The van der Waals surface area contributed by atoms with Crippen LogP contribution in [0.25, 0.3) is 11.3 Å². The van der Waals surface area contributed by atoms with E-state index in [1.165, 1.54) is 23.9 Å². The van der Waals surface area contributed by atoms with Crippen molar-refractivity contribution >= 4 is 29.3 Å². The fraction of sp³-hybridized carbons (Fsp3) is 0.370.